The number of hydrogen-bond donors (Lipinski definition) is 0. The highest BCUT2D eigenvalue weighted by molar-refractivity contribution is 5.81. The molecule has 0 radical (unpaired) electrons. The normalized spacial score (nSPS) is 16.5. The van der Waals surface area contributed by atoms with E-state index in [4.69, 9.17) is 4.74 Å². The average molecular weight is 214 g/mol. The van der Waals surface area contributed by atoms with Gasteiger partial charge >= 0.3 is 11.9 Å². The van der Waals surface area contributed by atoms with Gasteiger partial charge in [0.05, 0.1) is 13.7 Å². The molecule has 1 saturated heterocycles. The Morgan fingerprint density at radius 2 is 1.93 bits per heavy atom. The predicted octanol–water partition coefficient (Wildman–Crippen LogP) is 0.460. The Balaban J connectivity index is 0.000000288. The molecule has 1 aliphatic heterocycles. The van der Waals surface area contributed by atoms with E-state index in [0.29, 0.717) is 13.2 Å². The first-order valence-electron chi connectivity index (χ1n) is 4.25. The number of epoxide rings is 1. The number of ether oxygens (including phenoxy) is 3. The molecule has 0 aromatic heterocycles. The molecule has 0 aromatic rings. The largest absolute Gasteiger partial charge is 0.466 e. The zero-order valence-electron chi connectivity index (χ0n) is 8.60. The van der Waals surface area contributed by atoms with Gasteiger partial charge in [-0.2, -0.15) is 0 Å². The van der Waals surface area contributed by atoms with E-state index >= 15 is 0 Å². The van der Waals surface area contributed by atoms with Gasteiger partial charge in [0.25, 0.3) is 0 Å². The van der Waals surface area contributed by atoms with Gasteiger partial charge in [0, 0.05) is 12.2 Å². The third-order valence-corrected chi connectivity index (χ3v) is 1.35. The molecule has 1 fully saturated rings. The van der Waals surface area contributed by atoms with E-state index in [0.717, 1.165) is 12.2 Å². The van der Waals surface area contributed by atoms with Gasteiger partial charge in [-0.05, 0) is 0 Å². The van der Waals surface area contributed by atoms with Crippen molar-refractivity contribution in [3.05, 3.63) is 25.3 Å². The molecule has 1 rings (SSSR count). The Morgan fingerprint density at radius 3 is 2.20 bits per heavy atom. The van der Waals surface area contributed by atoms with E-state index < -0.39 is 5.97 Å². The lowest BCUT2D eigenvalue weighted by molar-refractivity contribution is -0.138. The summed E-state index contributed by atoms with van der Waals surface area (Å²) in [5.74, 6) is -0.777. The van der Waals surface area contributed by atoms with Crippen LogP contribution in [0.5, 0.6) is 0 Å². The third-order valence-electron chi connectivity index (χ3n) is 1.35. The number of carbonyl (C=O) groups is 2. The molecule has 0 aliphatic carbocycles. The van der Waals surface area contributed by atoms with Crippen LogP contribution in [0.25, 0.3) is 0 Å². The number of hydrogen-bond acceptors (Lipinski definition) is 5. The zero-order chi connectivity index (χ0) is 11.7. The van der Waals surface area contributed by atoms with E-state index in [1.54, 1.807) is 0 Å². The highest BCUT2D eigenvalue weighted by Gasteiger charge is 2.23. The first kappa shape index (κ1) is 13.4. The molecule has 1 atom stereocenters. The maximum Gasteiger partial charge on any atom is 0.330 e. The molecular formula is C10H14O5. The third kappa shape index (κ3) is 8.70. The standard InChI is InChI=1S/C6H8O3.C4H6O2/c1-2-6(7)9-4-5-3-8-5;1-3-4(5)6-2/h2,5H,1,3-4H2;3H,1H2,2H3. The number of carbonyl (C=O) groups excluding carboxylic acids is 2. The molecule has 5 heteroatoms. The quantitative estimate of drug-likeness (QED) is 0.386. The Kier molecular flexibility index (Phi) is 6.92. The van der Waals surface area contributed by atoms with Gasteiger partial charge in [0.2, 0.25) is 0 Å². The molecule has 1 unspecified atom stereocenters. The fraction of sp³-hybridized carbons (Fsp3) is 0.400. The maximum atomic E-state index is 10.3. The average Bonchev–Trinajstić information content (AvgIpc) is 3.09. The lowest BCUT2D eigenvalue weighted by atomic mass is 10.5. The summed E-state index contributed by atoms with van der Waals surface area (Å²) in [7, 11) is 1.31. The summed E-state index contributed by atoms with van der Waals surface area (Å²) in [6, 6.07) is 0. The van der Waals surface area contributed by atoms with Crippen molar-refractivity contribution in [2.45, 2.75) is 6.10 Å². The van der Waals surface area contributed by atoms with Crippen molar-refractivity contribution in [3.8, 4) is 0 Å². The van der Waals surface area contributed by atoms with Crippen molar-refractivity contribution in [1.29, 1.82) is 0 Å². The SMILES string of the molecule is C=CC(=O)OC.C=CC(=O)OCC1CO1. The maximum absolute atomic E-state index is 10.3. The lowest BCUT2D eigenvalue weighted by Crippen LogP contribution is -2.06. The van der Waals surface area contributed by atoms with Crippen LogP contribution in [0.15, 0.2) is 25.3 Å². The molecule has 84 valence electrons. The number of rotatable bonds is 4. The predicted molar refractivity (Wildman–Crippen MR) is 53.1 cm³/mol. The molecule has 1 aliphatic rings. The summed E-state index contributed by atoms with van der Waals surface area (Å²) in [5.41, 5.74) is 0. The van der Waals surface area contributed by atoms with Crippen LogP contribution in [0.2, 0.25) is 0 Å². The van der Waals surface area contributed by atoms with Crippen molar-refractivity contribution in [3.63, 3.8) is 0 Å². The molecule has 1 heterocycles. The van der Waals surface area contributed by atoms with Crippen LogP contribution in [0.3, 0.4) is 0 Å². The topological polar surface area (TPSA) is 65.1 Å². The summed E-state index contributed by atoms with van der Waals surface area (Å²) in [6.07, 6.45) is 2.40. The fourth-order valence-electron chi connectivity index (χ4n) is 0.482. The molecule has 0 aromatic carbocycles. The Labute approximate surface area is 88.3 Å². The fourth-order valence-corrected chi connectivity index (χ4v) is 0.482. The molecule has 5 nitrogen and oxygen atoms in total. The van der Waals surface area contributed by atoms with E-state index in [-0.39, 0.29) is 12.1 Å². The molecule has 0 saturated carbocycles. The van der Waals surface area contributed by atoms with Gasteiger partial charge in [-0.3, -0.25) is 0 Å². The van der Waals surface area contributed by atoms with Gasteiger partial charge in [0.15, 0.2) is 0 Å². The van der Waals surface area contributed by atoms with Crippen molar-refractivity contribution in [1.82, 2.24) is 0 Å². The summed E-state index contributed by atoms with van der Waals surface area (Å²) >= 11 is 0. The summed E-state index contributed by atoms with van der Waals surface area (Å²) in [4.78, 5) is 20.2. The van der Waals surface area contributed by atoms with Crippen molar-refractivity contribution in [2.24, 2.45) is 0 Å². The van der Waals surface area contributed by atoms with E-state index in [2.05, 4.69) is 22.6 Å². The first-order chi connectivity index (χ1) is 7.13. The summed E-state index contributed by atoms with van der Waals surface area (Å²) in [5, 5.41) is 0. The first-order valence-corrected chi connectivity index (χ1v) is 4.25. The minimum absolute atomic E-state index is 0.147. The van der Waals surface area contributed by atoms with Crippen LogP contribution in [-0.2, 0) is 23.8 Å². The van der Waals surface area contributed by atoms with Gasteiger partial charge in [-0.15, -0.1) is 0 Å². The molecule has 0 amide bonds. The highest BCUT2D eigenvalue weighted by atomic mass is 16.6. The van der Waals surface area contributed by atoms with E-state index in [1.807, 2.05) is 0 Å². The second kappa shape index (κ2) is 7.75. The van der Waals surface area contributed by atoms with Crippen LogP contribution >= 0.6 is 0 Å². The van der Waals surface area contributed by atoms with E-state index in [1.165, 1.54) is 7.11 Å². The number of methoxy groups -OCH3 is 1. The van der Waals surface area contributed by atoms with Gasteiger partial charge in [0.1, 0.15) is 12.7 Å². The minimum Gasteiger partial charge on any atom is -0.466 e. The van der Waals surface area contributed by atoms with Crippen molar-refractivity contribution < 1.29 is 23.8 Å². The Bertz CT molecular complexity index is 242. The van der Waals surface area contributed by atoms with Gasteiger partial charge in [-0.25, -0.2) is 9.59 Å². The second-order valence-corrected chi connectivity index (χ2v) is 2.52. The van der Waals surface area contributed by atoms with Crippen molar-refractivity contribution in [2.75, 3.05) is 20.3 Å². The minimum atomic E-state index is -0.394. The highest BCUT2D eigenvalue weighted by Crippen LogP contribution is 2.08. The van der Waals surface area contributed by atoms with Gasteiger partial charge < -0.3 is 14.2 Å². The molecular weight excluding hydrogens is 200 g/mol. The zero-order valence-corrected chi connectivity index (χ0v) is 8.60. The van der Waals surface area contributed by atoms with E-state index in [9.17, 15) is 9.59 Å². The molecule has 0 bridgehead atoms. The van der Waals surface area contributed by atoms with Crippen molar-refractivity contribution >= 4 is 11.9 Å². The number of esters is 2. The van der Waals surface area contributed by atoms with Crippen LogP contribution in [0, 0.1) is 0 Å². The molecule has 0 N–H and O–H groups in total. The van der Waals surface area contributed by atoms with Crippen LogP contribution < -0.4 is 0 Å². The molecule has 0 spiro atoms. The summed E-state index contributed by atoms with van der Waals surface area (Å²) in [6.45, 7) is 7.48. The van der Waals surface area contributed by atoms with Crippen LogP contribution in [0.4, 0.5) is 0 Å². The van der Waals surface area contributed by atoms with Crippen LogP contribution in [0.1, 0.15) is 0 Å². The second-order valence-electron chi connectivity index (χ2n) is 2.52. The smallest absolute Gasteiger partial charge is 0.330 e. The lowest BCUT2D eigenvalue weighted by Gasteiger charge is -1.94. The Morgan fingerprint density at radius 1 is 1.40 bits per heavy atom. The van der Waals surface area contributed by atoms with Crippen LogP contribution in [-0.4, -0.2) is 38.4 Å². The monoisotopic (exact) mass is 214 g/mol. The summed E-state index contributed by atoms with van der Waals surface area (Å²) < 4.78 is 13.6. The molecule has 15 heavy (non-hydrogen) atoms. The van der Waals surface area contributed by atoms with Gasteiger partial charge in [-0.1, -0.05) is 13.2 Å². The Hall–Kier alpha value is -1.62.